The summed E-state index contributed by atoms with van der Waals surface area (Å²) in [6.45, 7) is 2.27. The molecule has 13 heavy (non-hydrogen) atoms. The first kappa shape index (κ1) is 9.73. The maximum Gasteiger partial charge on any atom is 0.136 e. The Morgan fingerprint density at radius 1 is 1.15 bits per heavy atom. The van der Waals surface area contributed by atoms with Gasteiger partial charge in [0.25, 0.3) is 0 Å². The lowest BCUT2D eigenvalue weighted by Gasteiger charge is -2.11. The van der Waals surface area contributed by atoms with Crippen LogP contribution in [0, 0.1) is 6.92 Å². The summed E-state index contributed by atoms with van der Waals surface area (Å²) in [5.74, 6) is 2.31. The Morgan fingerprint density at radius 3 is 1.92 bits per heavy atom. The fourth-order valence-corrected chi connectivity index (χ4v) is 1.20. The van der Waals surface area contributed by atoms with Crippen molar-refractivity contribution in [3.8, 4) is 0 Å². The molecule has 0 unspecified atom stereocenters. The fraction of sp³-hybridized carbons (Fsp3) is 0.500. The first-order chi connectivity index (χ1) is 6.22. The molecule has 5 heteroatoms. The van der Waals surface area contributed by atoms with Crippen molar-refractivity contribution in [3.05, 3.63) is 11.4 Å². The molecule has 0 fully saturated rings. The fourth-order valence-electron chi connectivity index (χ4n) is 1.20. The number of anilines is 2. The van der Waals surface area contributed by atoms with Gasteiger partial charge in [0.05, 0.1) is 5.56 Å². The molecular formula is C8H15N5. The summed E-state index contributed by atoms with van der Waals surface area (Å²) in [6.07, 6.45) is 0. The van der Waals surface area contributed by atoms with Crippen LogP contribution >= 0.6 is 0 Å². The van der Waals surface area contributed by atoms with Gasteiger partial charge in [0.1, 0.15) is 17.5 Å². The van der Waals surface area contributed by atoms with Gasteiger partial charge in [-0.15, -0.1) is 0 Å². The van der Waals surface area contributed by atoms with Crippen molar-refractivity contribution in [1.29, 1.82) is 0 Å². The van der Waals surface area contributed by atoms with Crippen LogP contribution in [0.5, 0.6) is 0 Å². The molecule has 72 valence electrons. The SMILES string of the molecule is CNc1nc(C)nc(NC)c1CN. The average Bonchev–Trinajstić information content (AvgIpc) is 2.16. The van der Waals surface area contributed by atoms with Crippen LogP contribution in [0.15, 0.2) is 0 Å². The molecule has 5 nitrogen and oxygen atoms in total. The number of nitrogens with two attached hydrogens (primary N) is 1. The minimum atomic E-state index is 0.423. The Balaban J connectivity index is 3.25. The average molecular weight is 181 g/mol. The Morgan fingerprint density at radius 2 is 1.62 bits per heavy atom. The quantitative estimate of drug-likeness (QED) is 0.626. The highest BCUT2D eigenvalue weighted by Crippen LogP contribution is 2.19. The minimum absolute atomic E-state index is 0.423. The Hall–Kier alpha value is -1.36. The summed E-state index contributed by atoms with van der Waals surface area (Å²) < 4.78 is 0. The van der Waals surface area contributed by atoms with E-state index in [2.05, 4.69) is 20.6 Å². The van der Waals surface area contributed by atoms with E-state index in [0.717, 1.165) is 23.0 Å². The molecule has 0 amide bonds. The molecule has 0 radical (unpaired) electrons. The van der Waals surface area contributed by atoms with Gasteiger partial charge in [-0.3, -0.25) is 0 Å². The molecule has 0 saturated carbocycles. The smallest absolute Gasteiger partial charge is 0.136 e. The van der Waals surface area contributed by atoms with Crippen LogP contribution in [-0.2, 0) is 6.54 Å². The van der Waals surface area contributed by atoms with E-state index in [1.54, 1.807) is 0 Å². The molecule has 0 aliphatic carbocycles. The third-order valence-corrected chi connectivity index (χ3v) is 1.80. The summed E-state index contributed by atoms with van der Waals surface area (Å²) in [4.78, 5) is 8.46. The van der Waals surface area contributed by atoms with Crippen molar-refractivity contribution in [2.45, 2.75) is 13.5 Å². The largest absolute Gasteiger partial charge is 0.373 e. The third kappa shape index (κ3) is 1.86. The Labute approximate surface area is 77.8 Å². The molecule has 4 N–H and O–H groups in total. The second-order valence-electron chi connectivity index (χ2n) is 2.65. The van der Waals surface area contributed by atoms with Crippen LogP contribution in [0.1, 0.15) is 11.4 Å². The lowest BCUT2D eigenvalue weighted by Crippen LogP contribution is -2.10. The van der Waals surface area contributed by atoms with Gasteiger partial charge in [-0.25, -0.2) is 9.97 Å². The molecule has 0 atom stereocenters. The van der Waals surface area contributed by atoms with Gasteiger partial charge < -0.3 is 16.4 Å². The maximum atomic E-state index is 5.59. The highest BCUT2D eigenvalue weighted by Gasteiger charge is 2.08. The van der Waals surface area contributed by atoms with E-state index >= 15 is 0 Å². The summed E-state index contributed by atoms with van der Waals surface area (Å²) >= 11 is 0. The second-order valence-corrected chi connectivity index (χ2v) is 2.65. The van der Waals surface area contributed by atoms with Crippen LogP contribution in [-0.4, -0.2) is 24.1 Å². The van der Waals surface area contributed by atoms with Crippen molar-refractivity contribution in [1.82, 2.24) is 9.97 Å². The zero-order chi connectivity index (χ0) is 9.84. The van der Waals surface area contributed by atoms with Gasteiger partial charge >= 0.3 is 0 Å². The predicted octanol–water partition coefficient (Wildman–Crippen LogP) is 0.327. The zero-order valence-corrected chi connectivity index (χ0v) is 8.18. The molecule has 0 aliphatic heterocycles. The molecule has 1 rings (SSSR count). The number of hydrogen-bond donors (Lipinski definition) is 3. The molecule has 0 aliphatic rings. The van der Waals surface area contributed by atoms with E-state index in [-0.39, 0.29) is 0 Å². The van der Waals surface area contributed by atoms with Crippen LogP contribution in [0.3, 0.4) is 0 Å². The van der Waals surface area contributed by atoms with Gasteiger partial charge in [0.2, 0.25) is 0 Å². The molecular weight excluding hydrogens is 166 g/mol. The molecule has 1 aromatic rings. The molecule has 1 heterocycles. The van der Waals surface area contributed by atoms with E-state index in [4.69, 9.17) is 5.73 Å². The zero-order valence-electron chi connectivity index (χ0n) is 8.18. The van der Waals surface area contributed by atoms with Crippen molar-refractivity contribution in [2.24, 2.45) is 5.73 Å². The van der Waals surface area contributed by atoms with Crippen LogP contribution in [0.2, 0.25) is 0 Å². The molecule has 0 bridgehead atoms. The second kappa shape index (κ2) is 4.04. The number of rotatable bonds is 3. The summed E-state index contributed by atoms with van der Waals surface area (Å²) in [6, 6.07) is 0. The van der Waals surface area contributed by atoms with E-state index in [9.17, 15) is 0 Å². The summed E-state index contributed by atoms with van der Waals surface area (Å²) in [5.41, 5.74) is 6.51. The summed E-state index contributed by atoms with van der Waals surface area (Å²) in [5, 5.41) is 5.98. The summed E-state index contributed by atoms with van der Waals surface area (Å²) in [7, 11) is 3.64. The van der Waals surface area contributed by atoms with Crippen LogP contribution in [0.4, 0.5) is 11.6 Å². The standard InChI is InChI=1S/C8H15N5/c1-5-12-7(10-2)6(4-9)8(11-3)13-5/h4,9H2,1-3H3,(H2,10,11,12,13). The first-order valence-corrected chi connectivity index (χ1v) is 4.16. The first-order valence-electron chi connectivity index (χ1n) is 4.16. The molecule has 0 spiro atoms. The van der Waals surface area contributed by atoms with E-state index in [1.165, 1.54) is 0 Å². The van der Waals surface area contributed by atoms with E-state index in [0.29, 0.717) is 6.54 Å². The maximum absolute atomic E-state index is 5.59. The van der Waals surface area contributed by atoms with Crippen LogP contribution in [0.25, 0.3) is 0 Å². The monoisotopic (exact) mass is 181 g/mol. The molecule has 0 saturated heterocycles. The lowest BCUT2D eigenvalue weighted by atomic mass is 10.2. The third-order valence-electron chi connectivity index (χ3n) is 1.80. The van der Waals surface area contributed by atoms with Crippen molar-refractivity contribution in [3.63, 3.8) is 0 Å². The highest BCUT2D eigenvalue weighted by atomic mass is 15.1. The number of hydrogen-bond acceptors (Lipinski definition) is 5. The van der Waals surface area contributed by atoms with Gasteiger partial charge in [-0.05, 0) is 6.92 Å². The number of aromatic nitrogens is 2. The minimum Gasteiger partial charge on any atom is -0.373 e. The van der Waals surface area contributed by atoms with Gasteiger partial charge in [0, 0.05) is 20.6 Å². The van der Waals surface area contributed by atoms with E-state index < -0.39 is 0 Å². The predicted molar refractivity (Wildman–Crippen MR) is 53.8 cm³/mol. The molecule has 1 aromatic heterocycles. The number of aryl methyl sites for hydroxylation is 1. The Bertz CT molecular complexity index is 272. The van der Waals surface area contributed by atoms with Crippen molar-refractivity contribution >= 4 is 11.6 Å². The topological polar surface area (TPSA) is 75.9 Å². The number of nitrogens with one attached hydrogen (secondary N) is 2. The van der Waals surface area contributed by atoms with Crippen LogP contribution < -0.4 is 16.4 Å². The van der Waals surface area contributed by atoms with Crippen molar-refractivity contribution < 1.29 is 0 Å². The Kier molecular flexibility index (Phi) is 3.02. The highest BCUT2D eigenvalue weighted by molar-refractivity contribution is 5.57. The lowest BCUT2D eigenvalue weighted by molar-refractivity contribution is 0.973. The van der Waals surface area contributed by atoms with E-state index in [1.807, 2.05) is 21.0 Å². The van der Waals surface area contributed by atoms with Gasteiger partial charge in [0.15, 0.2) is 0 Å². The van der Waals surface area contributed by atoms with Gasteiger partial charge in [-0.1, -0.05) is 0 Å². The van der Waals surface area contributed by atoms with Crippen molar-refractivity contribution in [2.75, 3.05) is 24.7 Å². The van der Waals surface area contributed by atoms with Gasteiger partial charge in [-0.2, -0.15) is 0 Å². The normalized spacial score (nSPS) is 9.85. The molecule has 0 aromatic carbocycles. The number of nitrogens with zero attached hydrogens (tertiary/aromatic N) is 2.